The van der Waals surface area contributed by atoms with E-state index < -0.39 is 45.1 Å². The summed E-state index contributed by atoms with van der Waals surface area (Å²) in [6.07, 6.45) is -0.329. The predicted octanol–water partition coefficient (Wildman–Crippen LogP) is 4.03. The van der Waals surface area contributed by atoms with Gasteiger partial charge < -0.3 is 14.2 Å². The van der Waals surface area contributed by atoms with Crippen molar-refractivity contribution >= 4 is 27.7 Å². The number of carbonyl (C=O) groups excluding carboxylic acids is 3. The summed E-state index contributed by atoms with van der Waals surface area (Å²) in [5.74, 6) is -2.26. The number of ketones is 1. The van der Waals surface area contributed by atoms with Crippen LogP contribution in [0.25, 0.3) is 0 Å². The van der Waals surface area contributed by atoms with E-state index in [2.05, 4.69) is 0 Å². The van der Waals surface area contributed by atoms with Crippen LogP contribution >= 0.6 is 0 Å². The molecule has 0 bridgehead atoms. The maximum absolute atomic E-state index is 13.8. The van der Waals surface area contributed by atoms with Crippen molar-refractivity contribution in [3.05, 3.63) is 82.2 Å². The van der Waals surface area contributed by atoms with Crippen LogP contribution in [0.4, 0.5) is 0 Å². The largest absolute Gasteiger partial charge is 0.480 e. The minimum Gasteiger partial charge on any atom is -0.480 e. The van der Waals surface area contributed by atoms with E-state index in [-0.39, 0.29) is 40.9 Å². The number of ether oxygens (including phenoxy) is 3. The van der Waals surface area contributed by atoms with Crippen LogP contribution in [0.5, 0.6) is 5.75 Å². The van der Waals surface area contributed by atoms with Crippen LogP contribution in [0.15, 0.2) is 70.4 Å². The van der Waals surface area contributed by atoms with E-state index in [1.165, 1.54) is 12.1 Å². The molecule has 4 rings (SSSR count). The van der Waals surface area contributed by atoms with Gasteiger partial charge in [0.1, 0.15) is 11.3 Å². The third kappa shape index (κ3) is 4.71. The molecule has 0 fully saturated rings. The number of esters is 2. The first kappa shape index (κ1) is 27.1. The summed E-state index contributed by atoms with van der Waals surface area (Å²) >= 11 is 0. The summed E-state index contributed by atoms with van der Waals surface area (Å²) < 4.78 is 44.8. The SMILES string of the molecule is CCOC(=O)C1=C(C(=O)OCC)N(S(=O)(=O)c2ccc(C)cc2)C=C2C(=O)c3cc(C(C)C)ccc3OC21. The molecule has 2 aromatic rings. The van der Waals surface area contributed by atoms with E-state index in [0.717, 1.165) is 17.3 Å². The molecule has 0 N–H and O–H groups in total. The van der Waals surface area contributed by atoms with Gasteiger partial charge in [-0.05, 0) is 56.5 Å². The number of nitrogens with zero attached hydrogens (tertiary/aromatic N) is 1. The lowest BCUT2D eigenvalue weighted by Crippen LogP contribution is -2.45. The molecule has 2 aromatic carbocycles. The quantitative estimate of drug-likeness (QED) is 0.484. The molecular weight excluding hydrogens is 510 g/mol. The smallest absolute Gasteiger partial charge is 0.356 e. The number of carbonyl (C=O) groups is 3. The fourth-order valence-corrected chi connectivity index (χ4v) is 5.62. The van der Waals surface area contributed by atoms with Crippen molar-refractivity contribution in [2.24, 2.45) is 0 Å². The van der Waals surface area contributed by atoms with Crippen LogP contribution in [0.1, 0.15) is 55.1 Å². The molecule has 0 spiro atoms. The Kier molecular flexibility index (Phi) is 7.46. The number of hydrogen-bond acceptors (Lipinski definition) is 8. The topological polar surface area (TPSA) is 116 Å². The van der Waals surface area contributed by atoms with Crippen LogP contribution in [0, 0.1) is 6.92 Å². The molecule has 2 heterocycles. The monoisotopic (exact) mass is 539 g/mol. The molecule has 200 valence electrons. The summed E-state index contributed by atoms with van der Waals surface area (Å²) in [7, 11) is -4.46. The molecule has 0 amide bonds. The van der Waals surface area contributed by atoms with E-state index in [1.807, 2.05) is 19.9 Å². The maximum atomic E-state index is 13.8. The number of benzene rings is 2. The number of fused-ring (bicyclic) bond motifs is 2. The molecule has 0 saturated carbocycles. The molecule has 2 aliphatic heterocycles. The highest BCUT2D eigenvalue weighted by atomic mass is 32.2. The van der Waals surface area contributed by atoms with E-state index in [1.54, 1.807) is 45.0 Å². The van der Waals surface area contributed by atoms with Gasteiger partial charge in [-0.25, -0.2) is 22.3 Å². The Labute approximate surface area is 221 Å². The minimum absolute atomic E-state index is 0.0583. The highest BCUT2D eigenvalue weighted by Crippen LogP contribution is 2.41. The van der Waals surface area contributed by atoms with Gasteiger partial charge in [-0.1, -0.05) is 37.6 Å². The first-order valence-corrected chi connectivity index (χ1v) is 13.7. The van der Waals surface area contributed by atoms with Crippen molar-refractivity contribution in [2.45, 2.75) is 51.5 Å². The second kappa shape index (κ2) is 10.4. The first-order chi connectivity index (χ1) is 18.0. The standard InChI is InChI=1S/C28H29NO8S/c1-6-35-27(31)23-24(28(32)36-7-2)29(38(33,34)19-11-8-17(5)9-12-19)15-21-25(30)20-14-18(16(3)4)10-13-22(20)37-26(21)23/h8-16,26H,6-7H2,1-5H3. The predicted molar refractivity (Wildman–Crippen MR) is 138 cm³/mol. The van der Waals surface area contributed by atoms with Crippen molar-refractivity contribution < 1.29 is 37.0 Å². The molecule has 10 heteroatoms. The van der Waals surface area contributed by atoms with E-state index in [4.69, 9.17) is 14.2 Å². The third-order valence-electron chi connectivity index (χ3n) is 6.24. The first-order valence-electron chi connectivity index (χ1n) is 12.3. The number of Topliss-reactive ketones (excluding diaryl/α,β-unsaturated/α-hetero) is 1. The Morgan fingerprint density at radius 3 is 2.24 bits per heavy atom. The van der Waals surface area contributed by atoms with Gasteiger partial charge in [0.15, 0.2) is 17.6 Å². The number of sulfonamides is 1. The van der Waals surface area contributed by atoms with Crippen LogP contribution in [-0.2, 0) is 29.1 Å². The zero-order valence-corrected chi connectivity index (χ0v) is 22.6. The molecule has 1 atom stereocenters. The highest BCUT2D eigenvalue weighted by Gasteiger charge is 2.48. The van der Waals surface area contributed by atoms with E-state index in [9.17, 15) is 22.8 Å². The fourth-order valence-electron chi connectivity index (χ4n) is 4.25. The van der Waals surface area contributed by atoms with Crippen molar-refractivity contribution in [1.29, 1.82) is 0 Å². The average molecular weight is 540 g/mol. The summed E-state index contributed by atoms with van der Waals surface area (Å²) in [5.41, 5.74) is 0.801. The van der Waals surface area contributed by atoms with Crippen LogP contribution in [0.3, 0.4) is 0 Å². The minimum atomic E-state index is -4.46. The third-order valence-corrected chi connectivity index (χ3v) is 7.91. The van der Waals surface area contributed by atoms with Gasteiger partial charge >= 0.3 is 11.9 Å². The Morgan fingerprint density at radius 1 is 1.00 bits per heavy atom. The number of aryl methyl sites for hydroxylation is 1. The second-order valence-corrected chi connectivity index (χ2v) is 11.0. The van der Waals surface area contributed by atoms with Gasteiger partial charge in [0.25, 0.3) is 10.0 Å². The van der Waals surface area contributed by atoms with Crippen molar-refractivity contribution in [3.8, 4) is 5.75 Å². The lowest BCUT2D eigenvalue weighted by atomic mass is 9.87. The molecular formula is C28H29NO8S. The van der Waals surface area contributed by atoms with Gasteiger partial charge in [0, 0.05) is 6.20 Å². The van der Waals surface area contributed by atoms with Gasteiger partial charge in [0.05, 0.1) is 29.2 Å². The average Bonchev–Trinajstić information content (AvgIpc) is 2.88. The van der Waals surface area contributed by atoms with E-state index in [0.29, 0.717) is 4.31 Å². The molecule has 2 aliphatic rings. The molecule has 1 unspecified atom stereocenters. The number of rotatable bonds is 7. The lowest BCUT2D eigenvalue weighted by Gasteiger charge is -2.36. The van der Waals surface area contributed by atoms with E-state index >= 15 is 0 Å². The molecule has 0 aromatic heterocycles. The lowest BCUT2D eigenvalue weighted by molar-refractivity contribution is -0.143. The van der Waals surface area contributed by atoms with Crippen molar-refractivity contribution in [3.63, 3.8) is 0 Å². The van der Waals surface area contributed by atoms with Crippen LogP contribution < -0.4 is 4.74 Å². The summed E-state index contributed by atoms with van der Waals surface area (Å²) in [5, 5.41) is 0. The normalized spacial score (nSPS) is 16.9. The zero-order chi connectivity index (χ0) is 27.8. The Hall–Kier alpha value is -3.92. The molecule has 0 radical (unpaired) electrons. The second-order valence-electron chi connectivity index (χ2n) is 9.14. The Morgan fingerprint density at radius 2 is 1.63 bits per heavy atom. The van der Waals surface area contributed by atoms with Gasteiger partial charge in [-0.3, -0.25) is 4.79 Å². The van der Waals surface area contributed by atoms with Crippen LogP contribution in [-0.4, -0.2) is 49.8 Å². The summed E-state index contributed by atoms with van der Waals surface area (Å²) in [6.45, 7) is 8.72. The summed E-state index contributed by atoms with van der Waals surface area (Å²) in [6, 6.07) is 11.1. The fraction of sp³-hybridized carbons (Fsp3) is 0.321. The molecule has 9 nitrogen and oxygen atoms in total. The van der Waals surface area contributed by atoms with Gasteiger partial charge in [-0.2, -0.15) is 0 Å². The number of hydrogen-bond donors (Lipinski definition) is 0. The Bertz CT molecular complexity index is 1470. The molecule has 38 heavy (non-hydrogen) atoms. The zero-order valence-electron chi connectivity index (χ0n) is 21.8. The molecule has 0 saturated heterocycles. The Balaban J connectivity index is 2.00. The van der Waals surface area contributed by atoms with Crippen molar-refractivity contribution in [2.75, 3.05) is 13.2 Å². The summed E-state index contributed by atoms with van der Waals surface area (Å²) in [4.78, 5) is 40.1. The maximum Gasteiger partial charge on any atom is 0.356 e. The van der Waals surface area contributed by atoms with Gasteiger partial charge in [-0.15, -0.1) is 0 Å². The van der Waals surface area contributed by atoms with Crippen LogP contribution in [0.2, 0.25) is 0 Å². The van der Waals surface area contributed by atoms with Crippen molar-refractivity contribution in [1.82, 2.24) is 4.31 Å². The highest BCUT2D eigenvalue weighted by molar-refractivity contribution is 7.89. The molecule has 0 aliphatic carbocycles. The van der Waals surface area contributed by atoms with Gasteiger partial charge in [0.2, 0.25) is 0 Å².